The molecule has 1 aliphatic heterocycles. The molecule has 1 saturated heterocycles. The first-order chi connectivity index (χ1) is 8.19. The van der Waals surface area contributed by atoms with Gasteiger partial charge in [0.25, 0.3) is 0 Å². The molecule has 1 unspecified atom stereocenters. The number of nitrogens with two attached hydrogens (primary N) is 1. The van der Waals surface area contributed by atoms with Crippen molar-refractivity contribution in [2.24, 2.45) is 17.6 Å². The molecule has 0 amide bonds. The summed E-state index contributed by atoms with van der Waals surface area (Å²) in [7, 11) is 0. The molecule has 0 aromatic carbocycles. The molecule has 3 fully saturated rings. The van der Waals surface area contributed by atoms with Gasteiger partial charge < -0.3 is 15.8 Å². The monoisotopic (exact) mass is 238 g/mol. The Morgan fingerprint density at radius 2 is 1.94 bits per heavy atom. The van der Waals surface area contributed by atoms with E-state index in [0.717, 1.165) is 31.5 Å². The average Bonchev–Trinajstić information content (AvgIpc) is 3.21. The van der Waals surface area contributed by atoms with Gasteiger partial charge in [-0.05, 0) is 57.3 Å². The number of nitrogens with one attached hydrogen (secondary N) is 1. The highest BCUT2D eigenvalue weighted by Crippen LogP contribution is 2.51. The van der Waals surface area contributed by atoms with Crippen molar-refractivity contribution in [2.75, 3.05) is 19.7 Å². The molecular formula is C14H26N2O. The summed E-state index contributed by atoms with van der Waals surface area (Å²) in [4.78, 5) is 0. The highest BCUT2D eigenvalue weighted by molar-refractivity contribution is 5.10. The van der Waals surface area contributed by atoms with Gasteiger partial charge in [-0.3, -0.25) is 0 Å². The van der Waals surface area contributed by atoms with Crippen LogP contribution in [0.2, 0.25) is 0 Å². The van der Waals surface area contributed by atoms with Crippen LogP contribution >= 0.6 is 0 Å². The summed E-state index contributed by atoms with van der Waals surface area (Å²) in [5.41, 5.74) is 6.42. The molecule has 1 atom stereocenters. The summed E-state index contributed by atoms with van der Waals surface area (Å²) in [6.45, 7) is 4.96. The highest BCUT2D eigenvalue weighted by Gasteiger charge is 2.53. The maximum absolute atomic E-state index is 6.11. The minimum atomic E-state index is 0.0597. The average molecular weight is 238 g/mol. The first-order valence-corrected chi connectivity index (χ1v) is 7.28. The van der Waals surface area contributed by atoms with Gasteiger partial charge >= 0.3 is 0 Å². The molecule has 98 valence electrons. The second-order valence-corrected chi connectivity index (χ2v) is 6.55. The summed E-state index contributed by atoms with van der Waals surface area (Å²) in [5, 5.41) is 3.84. The summed E-state index contributed by atoms with van der Waals surface area (Å²) in [5.74, 6) is 1.68. The van der Waals surface area contributed by atoms with E-state index in [2.05, 4.69) is 12.2 Å². The molecule has 3 heteroatoms. The molecule has 1 heterocycles. The number of hydrogen-bond donors (Lipinski definition) is 2. The fraction of sp³-hybridized carbons (Fsp3) is 1.00. The third-order valence-corrected chi connectivity index (χ3v) is 5.04. The van der Waals surface area contributed by atoms with Gasteiger partial charge in [0.2, 0.25) is 0 Å². The maximum Gasteiger partial charge on any atom is 0.0779 e. The van der Waals surface area contributed by atoms with E-state index in [0.29, 0.717) is 0 Å². The lowest BCUT2D eigenvalue weighted by Gasteiger charge is -2.38. The lowest BCUT2D eigenvalue weighted by Crippen LogP contribution is -2.58. The van der Waals surface area contributed by atoms with Crippen molar-refractivity contribution in [2.45, 2.75) is 56.6 Å². The van der Waals surface area contributed by atoms with Crippen molar-refractivity contribution in [3.63, 3.8) is 0 Å². The van der Waals surface area contributed by atoms with Crippen LogP contribution < -0.4 is 11.1 Å². The Morgan fingerprint density at radius 3 is 2.35 bits per heavy atom. The second kappa shape index (κ2) is 4.22. The summed E-state index contributed by atoms with van der Waals surface area (Å²) in [6, 6.07) is 0. The Morgan fingerprint density at radius 1 is 1.29 bits per heavy atom. The summed E-state index contributed by atoms with van der Waals surface area (Å²) in [6.07, 6.45) is 7.89. The fourth-order valence-corrected chi connectivity index (χ4v) is 3.55. The van der Waals surface area contributed by atoms with Crippen molar-refractivity contribution >= 4 is 0 Å². The van der Waals surface area contributed by atoms with E-state index in [1.165, 1.54) is 38.5 Å². The first kappa shape index (κ1) is 11.9. The van der Waals surface area contributed by atoms with Crippen LogP contribution in [0.15, 0.2) is 0 Å². The van der Waals surface area contributed by atoms with Crippen LogP contribution in [0.25, 0.3) is 0 Å². The van der Waals surface area contributed by atoms with Crippen LogP contribution in [0.3, 0.4) is 0 Å². The molecule has 2 aliphatic carbocycles. The fourth-order valence-electron chi connectivity index (χ4n) is 3.55. The molecule has 0 bridgehead atoms. The third kappa shape index (κ3) is 2.25. The molecule has 0 aromatic heterocycles. The largest absolute Gasteiger partial charge is 0.374 e. The zero-order valence-electron chi connectivity index (χ0n) is 11.0. The number of ether oxygens (including phenoxy) is 1. The Labute approximate surface area is 104 Å². The van der Waals surface area contributed by atoms with Gasteiger partial charge in [-0.25, -0.2) is 0 Å². The van der Waals surface area contributed by atoms with Crippen LogP contribution in [0.4, 0.5) is 0 Å². The minimum absolute atomic E-state index is 0.0597. The van der Waals surface area contributed by atoms with Crippen molar-refractivity contribution in [1.29, 1.82) is 0 Å². The van der Waals surface area contributed by atoms with Crippen LogP contribution in [0, 0.1) is 11.8 Å². The Bertz CT molecular complexity index is 266. The minimum Gasteiger partial charge on any atom is -0.374 e. The molecule has 0 aromatic rings. The van der Waals surface area contributed by atoms with Gasteiger partial charge in [0.1, 0.15) is 0 Å². The number of hydrogen-bond acceptors (Lipinski definition) is 3. The summed E-state index contributed by atoms with van der Waals surface area (Å²) >= 11 is 0. The standard InChI is InChI=1S/C14H26N2O/c1-13(7-2-8-17-13)10-16-14(9-15,11-3-4-11)12-5-6-12/h11-12,16H,2-10,15H2,1H3. The zero-order chi connectivity index (χ0) is 11.9. The quantitative estimate of drug-likeness (QED) is 0.740. The Balaban J connectivity index is 1.64. The second-order valence-electron chi connectivity index (χ2n) is 6.55. The molecule has 2 saturated carbocycles. The van der Waals surface area contributed by atoms with Gasteiger partial charge in [0, 0.05) is 25.2 Å². The number of rotatable bonds is 6. The van der Waals surface area contributed by atoms with Crippen LogP contribution in [0.5, 0.6) is 0 Å². The predicted molar refractivity (Wildman–Crippen MR) is 68.8 cm³/mol. The molecule has 0 spiro atoms. The van der Waals surface area contributed by atoms with Gasteiger partial charge in [0.15, 0.2) is 0 Å². The Kier molecular flexibility index (Phi) is 2.96. The van der Waals surface area contributed by atoms with Gasteiger partial charge in [-0.2, -0.15) is 0 Å². The van der Waals surface area contributed by atoms with E-state index in [4.69, 9.17) is 10.5 Å². The normalized spacial score (nSPS) is 34.2. The maximum atomic E-state index is 6.11. The van der Waals surface area contributed by atoms with Crippen LogP contribution in [-0.4, -0.2) is 30.8 Å². The lowest BCUT2D eigenvalue weighted by molar-refractivity contribution is 0.0114. The SMILES string of the molecule is CC1(CNC(CN)(C2CC2)C2CC2)CCCO1. The zero-order valence-corrected chi connectivity index (χ0v) is 11.0. The van der Waals surface area contributed by atoms with Crippen molar-refractivity contribution < 1.29 is 4.74 Å². The molecule has 17 heavy (non-hydrogen) atoms. The van der Waals surface area contributed by atoms with Gasteiger partial charge in [0.05, 0.1) is 5.60 Å². The van der Waals surface area contributed by atoms with Crippen molar-refractivity contribution in [3.8, 4) is 0 Å². The molecule has 3 rings (SSSR count). The molecule has 3 N–H and O–H groups in total. The molecule has 3 nitrogen and oxygen atoms in total. The molecule has 0 radical (unpaired) electrons. The van der Waals surface area contributed by atoms with Gasteiger partial charge in [-0.15, -0.1) is 0 Å². The van der Waals surface area contributed by atoms with Crippen molar-refractivity contribution in [1.82, 2.24) is 5.32 Å². The third-order valence-electron chi connectivity index (χ3n) is 5.04. The van der Waals surface area contributed by atoms with Crippen LogP contribution in [0.1, 0.15) is 45.4 Å². The highest BCUT2D eigenvalue weighted by atomic mass is 16.5. The topological polar surface area (TPSA) is 47.3 Å². The molecular weight excluding hydrogens is 212 g/mol. The first-order valence-electron chi connectivity index (χ1n) is 7.28. The van der Waals surface area contributed by atoms with E-state index in [-0.39, 0.29) is 11.1 Å². The van der Waals surface area contributed by atoms with Crippen molar-refractivity contribution in [3.05, 3.63) is 0 Å². The summed E-state index contributed by atoms with van der Waals surface area (Å²) < 4.78 is 5.88. The van der Waals surface area contributed by atoms with Gasteiger partial charge in [-0.1, -0.05) is 0 Å². The molecule has 3 aliphatic rings. The van der Waals surface area contributed by atoms with E-state index in [9.17, 15) is 0 Å². The van der Waals surface area contributed by atoms with E-state index in [1.54, 1.807) is 0 Å². The van der Waals surface area contributed by atoms with E-state index < -0.39 is 0 Å². The lowest BCUT2D eigenvalue weighted by atomic mass is 9.86. The van der Waals surface area contributed by atoms with E-state index in [1.807, 2.05) is 0 Å². The smallest absolute Gasteiger partial charge is 0.0779 e. The predicted octanol–water partition coefficient (Wildman–Crippen LogP) is 1.66. The Hall–Kier alpha value is -0.120. The van der Waals surface area contributed by atoms with Crippen LogP contribution in [-0.2, 0) is 4.74 Å². The van der Waals surface area contributed by atoms with E-state index >= 15 is 0 Å².